The summed E-state index contributed by atoms with van der Waals surface area (Å²) in [6.45, 7) is 2.48. The second kappa shape index (κ2) is 6.66. The summed E-state index contributed by atoms with van der Waals surface area (Å²) in [6.07, 6.45) is 7.04. The van der Waals surface area contributed by atoms with Crippen molar-refractivity contribution in [2.75, 3.05) is 24.5 Å². The Balaban J connectivity index is 1.57. The second-order valence-electron chi connectivity index (χ2n) is 6.59. The fourth-order valence-electron chi connectivity index (χ4n) is 3.71. The molecule has 0 spiro atoms. The minimum absolute atomic E-state index is 0.0340. The number of nitrogens with zero attached hydrogens (tertiary/aromatic N) is 2. The highest BCUT2D eigenvalue weighted by atomic mass is 16.2. The maximum absolute atomic E-state index is 12.6. The molecule has 124 valence electrons. The van der Waals surface area contributed by atoms with Crippen molar-refractivity contribution >= 4 is 17.4 Å². The van der Waals surface area contributed by atoms with Crippen molar-refractivity contribution in [1.29, 1.82) is 0 Å². The van der Waals surface area contributed by atoms with Crippen LogP contribution in [-0.4, -0.2) is 41.8 Å². The first kappa shape index (κ1) is 15.9. The Labute approximate surface area is 136 Å². The van der Waals surface area contributed by atoms with Crippen molar-refractivity contribution < 1.29 is 9.59 Å². The molecule has 1 aromatic heterocycles. The van der Waals surface area contributed by atoms with Crippen LogP contribution in [0, 0.1) is 5.92 Å². The monoisotopic (exact) mass is 316 g/mol. The van der Waals surface area contributed by atoms with Gasteiger partial charge in [0.2, 0.25) is 5.91 Å². The van der Waals surface area contributed by atoms with Gasteiger partial charge in [-0.1, -0.05) is 0 Å². The number of carbonyl (C=O) groups is 2. The van der Waals surface area contributed by atoms with Gasteiger partial charge in [0.25, 0.3) is 0 Å². The highest BCUT2D eigenvalue weighted by Gasteiger charge is 2.42. The molecule has 6 heteroatoms. The number of amides is 1. The Morgan fingerprint density at radius 1 is 1.30 bits per heavy atom. The van der Waals surface area contributed by atoms with Gasteiger partial charge >= 0.3 is 0 Å². The summed E-state index contributed by atoms with van der Waals surface area (Å²) in [7, 11) is 0. The van der Waals surface area contributed by atoms with Crippen molar-refractivity contribution in [3.05, 3.63) is 24.5 Å². The third-order valence-corrected chi connectivity index (χ3v) is 5.17. The Hall–Kier alpha value is -1.95. The number of nitrogens with one attached hydrogen (secondary N) is 1. The van der Waals surface area contributed by atoms with Gasteiger partial charge in [-0.15, -0.1) is 0 Å². The number of nitrogens with two attached hydrogens (primary N) is 1. The van der Waals surface area contributed by atoms with Crippen LogP contribution in [0.25, 0.3) is 0 Å². The number of pyridine rings is 1. The molecule has 1 atom stereocenters. The predicted molar refractivity (Wildman–Crippen MR) is 88.0 cm³/mol. The third-order valence-electron chi connectivity index (χ3n) is 5.17. The standard InChI is InChI=1S/C17H24N4O2/c18-16(23)17(6-1-7-20-17)12-15(22)13-4-10-21(11-5-13)14-2-8-19-9-3-14/h2-3,8-9,13,20H,1,4-7,10-12H2,(H2,18,23). The van der Waals surface area contributed by atoms with Gasteiger partial charge in [0.05, 0.1) is 0 Å². The van der Waals surface area contributed by atoms with E-state index in [1.54, 1.807) is 12.4 Å². The van der Waals surface area contributed by atoms with Gasteiger partial charge in [-0.3, -0.25) is 14.6 Å². The van der Waals surface area contributed by atoms with Gasteiger partial charge in [0.1, 0.15) is 11.3 Å². The maximum atomic E-state index is 12.6. The van der Waals surface area contributed by atoms with Gasteiger partial charge in [0, 0.05) is 43.5 Å². The molecule has 1 aromatic rings. The molecule has 0 radical (unpaired) electrons. The maximum Gasteiger partial charge on any atom is 0.238 e. The fraction of sp³-hybridized carbons (Fsp3) is 0.588. The molecule has 0 aliphatic carbocycles. The van der Waals surface area contributed by atoms with E-state index < -0.39 is 11.4 Å². The molecule has 3 rings (SSSR count). The molecule has 0 saturated carbocycles. The van der Waals surface area contributed by atoms with Gasteiger partial charge in [-0.25, -0.2) is 0 Å². The van der Waals surface area contributed by atoms with Crippen LogP contribution in [0.4, 0.5) is 5.69 Å². The Kier molecular flexibility index (Phi) is 4.61. The van der Waals surface area contributed by atoms with Crippen LogP contribution in [-0.2, 0) is 9.59 Å². The lowest BCUT2D eigenvalue weighted by Gasteiger charge is -2.34. The molecule has 2 saturated heterocycles. The summed E-state index contributed by atoms with van der Waals surface area (Å²) in [6, 6.07) is 3.99. The number of primary amides is 1. The van der Waals surface area contributed by atoms with E-state index in [0.29, 0.717) is 6.42 Å². The van der Waals surface area contributed by atoms with Crippen molar-refractivity contribution in [1.82, 2.24) is 10.3 Å². The summed E-state index contributed by atoms with van der Waals surface area (Å²) in [4.78, 5) is 30.7. The minimum atomic E-state index is -0.806. The van der Waals surface area contributed by atoms with Crippen LogP contribution in [0.2, 0.25) is 0 Å². The normalized spacial score (nSPS) is 25.5. The van der Waals surface area contributed by atoms with Crippen molar-refractivity contribution in [2.24, 2.45) is 11.7 Å². The molecule has 0 bridgehead atoms. The van der Waals surface area contributed by atoms with Crippen LogP contribution in [0.15, 0.2) is 24.5 Å². The van der Waals surface area contributed by atoms with Gasteiger partial charge < -0.3 is 16.0 Å². The highest BCUT2D eigenvalue weighted by Crippen LogP contribution is 2.29. The largest absolute Gasteiger partial charge is 0.371 e. The number of aromatic nitrogens is 1. The lowest BCUT2D eigenvalue weighted by Crippen LogP contribution is -2.53. The summed E-state index contributed by atoms with van der Waals surface area (Å²) in [5.41, 5.74) is 5.88. The SMILES string of the molecule is NC(=O)C1(CC(=O)C2CCN(c3ccncc3)CC2)CCCN1. The molecule has 2 aliphatic heterocycles. The molecule has 3 heterocycles. The van der Waals surface area contributed by atoms with Crippen LogP contribution in [0.5, 0.6) is 0 Å². The number of anilines is 1. The van der Waals surface area contributed by atoms with E-state index in [1.165, 1.54) is 0 Å². The zero-order valence-corrected chi connectivity index (χ0v) is 13.3. The lowest BCUT2D eigenvalue weighted by molar-refractivity contribution is -0.131. The zero-order valence-electron chi connectivity index (χ0n) is 13.3. The molecule has 23 heavy (non-hydrogen) atoms. The van der Waals surface area contributed by atoms with E-state index in [-0.39, 0.29) is 18.1 Å². The number of rotatable bonds is 5. The summed E-state index contributed by atoms with van der Waals surface area (Å²) < 4.78 is 0. The molecule has 2 aliphatic rings. The van der Waals surface area contributed by atoms with E-state index in [0.717, 1.165) is 44.6 Å². The first-order chi connectivity index (χ1) is 11.1. The average Bonchev–Trinajstić information content (AvgIpc) is 3.06. The lowest BCUT2D eigenvalue weighted by atomic mass is 9.82. The molecule has 6 nitrogen and oxygen atoms in total. The summed E-state index contributed by atoms with van der Waals surface area (Å²) >= 11 is 0. The quantitative estimate of drug-likeness (QED) is 0.841. The molecule has 1 amide bonds. The summed E-state index contributed by atoms with van der Waals surface area (Å²) in [5.74, 6) is -0.183. The summed E-state index contributed by atoms with van der Waals surface area (Å²) in [5, 5.41) is 3.16. The van der Waals surface area contributed by atoms with Crippen LogP contribution in [0.1, 0.15) is 32.1 Å². The highest BCUT2D eigenvalue weighted by molar-refractivity contribution is 5.93. The number of hydrogen-bond acceptors (Lipinski definition) is 5. The Morgan fingerprint density at radius 2 is 2.00 bits per heavy atom. The Morgan fingerprint density at radius 3 is 2.57 bits per heavy atom. The Bertz CT molecular complexity index is 561. The van der Waals surface area contributed by atoms with E-state index in [2.05, 4.69) is 15.2 Å². The first-order valence-electron chi connectivity index (χ1n) is 8.33. The second-order valence-corrected chi connectivity index (χ2v) is 6.59. The van der Waals surface area contributed by atoms with Crippen LogP contribution in [0.3, 0.4) is 0 Å². The van der Waals surface area contributed by atoms with E-state index >= 15 is 0 Å². The fourth-order valence-corrected chi connectivity index (χ4v) is 3.71. The van der Waals surface area contributed by atoms with Gasteiger partial charge in [-0.2, -0.15) is 0 Å². The molecule has 3 N–H and O–H groups in total. The van der Waals surface area contributed by atoms with E-state index in [1.807, 2.05) is 12.1 Å². The topological polar surface area (TPSA) is 88.3 Å². The van der Waals surface area contributed by atoms with Crippen molar-refractivity contribution in [3.63, 3.8) is 0 Å². The van der Waals surface area contributed by atoms with Crippen LogP contribution >= 0.6 is 0 Å². The number of ketones is 1. The van der Waals surface area contributed by atoms with Gasteiger partial charge in [-0.05, 0) is 44.4 Å². The smallest absolute Gasteiger partial charge is 0.238 e. The zero-order chi connectivity index (χ0) is 16.3. The molecular weight excluding hydrogens is 292 g/mol. The van der Waals surface area contributed by atoms with E-state index in [9.17, 15) is 9.59 Å². The molecule has 1 unspecified atom stereocenters. The predicted octanol–water partition coefficient (Wildman–Crippen LogP) is 0.865. The average molecular weight is 316 g/mol. The first-order valence-corrected chi connectivity index (χ1v) is 8.33. The molecular formula is C17H24N4O2. The number of carbonyl (C=O) groups excluding carboxylic acids is 2. The van der Waals surface area contributed by atoms with Crippen molar-refractivity contribution in [2.45, 2.75) is 37.6 Å². The van der Waals surface area contributed by atoms with Gasteiger partial charge in [0.15, 0.2) is 0 Å². The van der Waals surface area contributed by atoms with E-state index in [4.69, 9.17) is 5.73 Å². The molecule has 0 aromatic carbocycles. The number of hydrogen-bond donors (Lipinski definition) is 2. The van der Waals surface area contributed by atoms with Crippen molar-refractivity contribution in [3.8, 4) is 0 Å². The van der Waals surface area contributed by atoms with Crippen LogP contribution < -0.4 is 16.0 Å². The third kappa shape index (κ3) is 3.37. The minimum Gasteiger partial charge on any atom is -0.371 e. The number of Topliss-reactive ketones (excluding diaryl/α,β-unsaturated/α-hetero) is 1. The number of piperidine rings is 1. The molecule has 2 fully saturated rings.